The average Bonchev–Trinajstić information content (AvgIpc) is 2.66. The Balaban J connectivity index is 2.11. The molecule has 0 amide bonds. The standard InChI is InChI=1S/C13H18O2S/c1-11(2)9-4-6-12(3,8-9)13(11)15-10(14)5-7-16-13/h5,7,9H,4,6,8H2,1-3H3/t9-,12+,13+/m0/s1. The summed E-state index contributed by atoms with van der Waals surface area (Å²) in [6, 6.07) is 0. The summed E-state index contributed by atoms with van der Waals surface area (Å²) in [7, 11) is 0. The molecule has 16 heavy (non-hydrogen) atoms. The highest BCUT2D eigenvalue weighted by molar-refractivity contribution is 8.03. The van der Waals surface area contributed by atoms with Gasteiger partial charge in [0.2, 0.25) is 0 Å². The summed E-state index contributed by atoms with van der Waals surface area (Å²) in [5.41, 5.74) is 0.247. The molecule has 3 rings (SSSR count). The van der Waals surface area contributed by atoms with Gasteiger partial charge in [0.25, 0.3) is 0 Å². The average molecular weight is 238 g/mol. The van der Waals surface area contributed by atoms with Gasteiger partial charge in [0.05, 0.1) is 0 Å². The number of esters is 1. The highest BCUT2D eigenvalue weighted by atomic mass is 32.2. The lowest BCUT2D eigenvalue weighted by Gasteiger charge is -2.52. The predicted octanol–water partition coefficient (Wildman–Crippen LogP) is 3.33. The third kappa shape index (κ3) is 0.987. The third-order valence-corrected chi connectivity index (χ3v) is 6.79. The van der Waals surface area contributed by atoms with Crippen molar-refractivity contribution in [2.45, 2.75) is 45.0 Å². The first-order valence-electron chi connectivity index (χ1n) is 5.99. The van der Waals surface area contributed by atoms with Crippen molar-refractivity contribution in [1.29, 1.82) is 0 Å². The second-order valence-electron chi connectivity index (χ2n) is 6.18. The van der Waals surface area contributed by atoms with Crippen molar-refractivity contribution >= 4 is 17.7 Å². The fourth-order valence-electron chi connectivity index (χ4n) is 4.14. The highest BCUT2D eigenvalue weighted by Crippen LogP contribution is 2.73. The molecule has 2 aliphatic carbocycles. The normalized spacial score (nSPS) is 48.7. The van der Waals surface area contributed by atoms with E-state index in [4.69, 9.17) is 4.74 Å². The van der Waals surface area contributed by atoms with Crippen LogP contribution < -0.4 is 0 Å². The lowest BCUT2D eigenvalue weighted by Crippen LogP contribution is -2.54. The molecule has 3 aliphatic rings. The molecular formula is C13H18O2S. The minimum absolute atomic E-state index is 0.0884. The highest BCUT2D eigenvalue weighted by Gasteiger charge is 2.72. The smallest absolute Gasteiger partial charge is 0.332 e. The Labute approximate surface area is 101 Å². The van der Waals surface area contributed by atoms with Crippen molar-refractivity contribution in [3.05, 3.63) is 11.5 Å². The summed E-state index contributed by atoms with van der Waals surface area (Å²) in [5.74, 6) is 0.532. The maximum absolute atomic E-state index is 11.6. The van der Waals surface area contributed by atoms with Crippen LogP contribution in [0.3, 0.4) is 0 Å². The van der Waals surface area contributed by atoms with Crippen LogP contribution in [0.2, 0.25) is 0 Å². The van der Waals surface area contributed by atoms with Crippen LogP contribution in [0.1, 0.15) is 40.0 Å². The third-order valence-electron chi connectivity index (χ3n) is 5.09. The SMILES string of the molecule is CC1(C)[C@H]2CC[C@](C)(C2)[C@@]12OC(=O)C=CS2. The Morgan fingerprint density at radius 2 is 2.19 bits per heavy atom. The van der Waals surface area contributed by atoms with Gasteiger partial charge in [0, 0.05) is 16.9 Å². The number of hydrogen-bond donors (Lipinski definition) is 0. The molecule has 2 saturated carbocycles. The zero-order valence-corrected chi connectivity index (χ0v) is 10.9. The van der Waals surface area contributed by atoms with E-state index in [-0.39, 0.29) is 21.7 Å². The van der Waals surface area contributed by atoms with E-state index >= 15 is 0 Å². The van der Waals surface area contributed by atoms with Crippen molar-refractivity contribution in [1.82, 2.24) is 0 Å². The van der Waals surface area contributed by atoms with Crippen molar-refractivity contribution < 1.29 is 9.53 Å². The number of carbonyl (C=O) groups excluding carboxylic acids is 1. The van der Waals surface area contributed by atoms with Crippen molar-refractivity contribution in [2.75, 3.05) is 0 Å². The van der Waals surface area contributed by atoms with Gasteiger partial charge in [-0.15, -0.1) is 0 Å². The molecule has 0 N–H and O–H groups in total. The fraction of sp³-hybridized carbons (Fsp3) is 0.769. The molecule has 0 radical (unpaired) electrons. The second kappa shape index (κ2) is 2.87. The summed E-state index contributed by atoms with van der Waals surface area (Å²) in [6.45, 7) is 6.82. The summed E-state index contributed by atoms with van der Waals surface area (Å²) in [6.07, 6.45) is 5.22. The molecule has 1 spiro atoms. The molecule has 88 valence electrons. The molecule has 2 fully saturated rings. The molecule has 0 aromatic rings. The van der Waals surface area contributed by atoms with E-state index in [2.05, 4.69) is 20.8 Å². The monoisotopic (exact) mass is 238 g/mol. The maximum atomic E-state index is 11.6. The first kappa shape index (κ1) is 10.7. The Bertz CT molecular complexity index is 381. The molecule has 1 heterocycles. The van der Waals surface area contributed by atoms with E-state index in [1.165, 1.54) is 19.3 Å². The van der Waals surface area contributed by atoms with Crippen LogP contribution in [0.25, 0.3) is 0 Å². The van der Waals surface area contributed by atoms with Gasteiger partial charge in [0.15, 0.2) is 4.93 Å². The van der Waals surface area contributed by atoms with E-state index in [0.29, 0.717) is 5.92 Å². The van der Waals surface area contributed by atoms with Crippen LogP contribution in [-0.4, -0.2) is 10.9 Å². The largest absolute Gasteiger partial charge is 0.443 e. The number of ether oxygens (including phenoxy) is 1. The van der Waals surface area contributed by atoms with Crippen LogP contribution in [-0.2, 0) is 9.53 Å². The van der Waals surface area contributed by atoms with Crippen LogP contribution in [0.15, 0.2) is 11.5 Å². The summed E-state index contributed by atoms with van der Waals surface area (Å²) in [5, 5.41) is 1.93. The number of fused-ring (bicyclic) bond motifs is 3. The van der Waals surface area contributed by atoms with E-state index < -0.39 is 0 Å². The van der Waals surface area contributed by atoms with Gasteiger partial charge in [-0.2, -0.15) is 0 Å². The van der Waals surface area contributed by atoms with Gasteiger partial charge in [0.1, 0.15) is 0 Å². The lowest BCUT2D eigenvalue weighted by molar-refractivity contribution is -0.166. The van der Waals surface area contributed by atoms with Gasteiger partial charge >= 0.3 is 5.97 Å². The molecule has 2 nitrogen and oxygen atoms in total. The van der Waals surface area contributed by atoms with Crippen molar-refractivity contribution in [3.63, 3.8) is 0 Å². The zero-order chi connectivity index (χ0) is 11.6. The van der Waals surface area contributed by atoms with Crippen molar-refractivity contribution in [2.24, 2.45) is 16.7 Å². The molecule has 3 atom stereocenters. The van der Waals surface area contributed by atoms with Gasteiger partial charge in [-0.1, -0.05) is 32.5 Å². The molecular weight excluding hydrogens is 220 g/mol. The maximum Gasteiger partial charge on any atom is 0.332 e. The van der Waals surface area contributed by atoms with Crippen LogP contribution in [0.4, 0.5) is 0 Å². The Hall–Kier alpha value is -0.440. The molecule has 3 heteroatoms. The summed E-state index contributed by atoms with van der Waals surface area (Å²) < 4.78 is 5.82. The number of rotatable bonds is 0. The topological polar surface area (TPSA) is 26.3 Å². The number of hydrogen-bond acceptors (Lipinski definition) is 3. The summed E-state index contributed by atoms with van der Waals surface area (Å²) in [4.78, 5) is 11.3. The van der Waals surface area contributed by atoms with Crippen LogP contribution in [0, 0.1) is 16.7 Å². The predicted molar refractivity (Wildman–Crippen MR) is 64.8 cm³/mol. The van der Waals surface area contributed by atoms with Gasteiger partial charge in [-0.05, 0) is 30.6 Å². The van der Waals surface area contributed by atoms with Crippen molar-refractivity contribution in [3.8, 4) is 0 Å². The van der Waals surface area contributed by atoms with Crippen LogP contribution >= 0.6 is 11.8 Å². The van der Waals surface area contributed by atoms with Gasteiger partial charge < -0.3 is 4.74 Å². The van der Waals surface area contributed by atoms with Crippen LogP contribution in [0.5, 0.6) is 0 Å². The lowest BCUT2D eigenvalue weighted by atomic mass is 9.69. The first-order valence-corrected chi connectivity index (χ1v) is 6.87. The Morgan fingerprint density at radius 1 is 1.44 bits per heavy atom. The second-order valence-corrected chi connectivity index (χ2v) is 7.26. The Morgan fingerprint density at radius 3 is 2.75 bits per heavy atom. The molecule has 2 bridgehead atoms. The molecule has 1 aliphatic heterocycles. The zero-order valence-electron chi connectivity index (χ0n) is 10.1. The molecule has 0 saturated heterocycles. The Kier molecular flexibility index (Phi) is 1.92. The molecule has 0 aromatic carbocycles. The first-order chi connectivity index (χ1) is 7.41. The van der Waals surface area contributed by atoms with Gasteiger partial charge in [-0.3, -0.25) is 0 Å². The number of carbonyl (C=O) groups is 1. The minimum atomic E-state index is -0.325. The number of thioether (sulfide) groups is 1. The van der Waals surface area contributed by atoms with E-state index in [1.54, 1.807) is 17.8 Å². The van der Waals surface area contributed by atoms with E-state index in [0.717, 1.165) is 0 Å². The van der Waals surface area contributed by atoms with Gasteiger partial charge in [-0.25, -0.2) is 4.79 Å². The summed E-state index contributed by atoms with van der Waals surface area (Å²) >= 11 is 1.72. The molecule has 0 unspecified atom stereocenters. The quantitative estimate of drug-likeness (QED) is 0.605. The fourth-order valence-corrected chi connectivity index (χ4v) is 5.58. The van der Waals surface area contributed by atoms with E-state index in [9.17, 15) is 4.79 Å². The van der Waals surface area contributed by atoms with E-state index in [1.807, 2.05) is 5.41 Å². The molecule has 0 aromatic heterocycles. The minimum Gasteiger partial charge on any atom is -0.443 e.